The highest BCUT2D eigenvalue weighted by Gasteiger charge is 2.08. The Kier molecular flexibility index (Phi) is 4.21. The minimum absolute atomic E-state index is 0.0567. The second-order valence-electron chi connectivity index (χ2n) is 3.69. The second-order valence-corrected chi connectivity index (χ2v) is 4.09. The van der Waals surface area contributed by atoms with E-state index in [0.29, 0.717) is 11.4 Å². The molecule has 0 fully saturated rings. The zero-order valence-corrected chi connectivity index (χ0v) is 9.74. The van der Waals surface area contributed by atoms with E-state index >= 15 is 0 Å². The molecule has 1 rings (SSSR count). The Morgan fingerprint density at radius 3 is 2.80 bits per heavy atom. The molecule has 0 heterocycles. The van der Waals surface area contributed by atoms with Crippen molar-refractivity contribution < 1.29 is 4.39 Å². The van der Waals surface area contributed by atoms with Gasteiger partial charge in [-0.15, -0.1) is 0 Å². The first-order valence-corrected chi connectivity index (χ1v) is 5.43. The van der Waals surface area contributed by atoms with E-state index in [1.54, 1.807) is 0 Å². The summed E-state index contributed by atoms with van der Waals surface area (Å²) in [4.78, 5) is 0. The van der Waals surface area contributed by atoms with E-state index in [9.17, 15) is 4.39 Å². The maximum atomic E-state index is 13.2. The molecule has 1 aromatic carbocycles. The zero-order chi connectivity index (χ0) is 11.4. The van der Waals surface area contributed by atoms with E-state index in [4.69, 9.17) is 17.3 Å². The van der Waals surface area contributed by atoms with Gasteiger partial charge in [0.1, 0.15) is 5.82 Å². The first-order chi connectivity index (χ1) is 7.04. The van der Waals surface area contributed by atoms with Crippen molar-refractivity contribution in [2.45, 2.75) is 32.7 Å². The largest absolute Gasteiger partial charge is 0.397 e. The molecule has 84 valence electrons. The molecule has 2 nitrogen and oxygen atoms in total. The van der Waals surface area contributed by atoms with E-state index in [0.717, 1.165) is 12.8 Å². The van der Waals surface area contributed by atoms with Crippen molar-refractivity contribution in [1.29, 1.82) is 0 Å². The minimum Gasteiger partial charge on any atom is -0.397 e. The number of benzene rings is 1. The van der Waals surface area contributed by atoms with Gasteiger partial charge in [-0.3, -0.25) is 0 Å². The monoisotopic (exact) mass is 230 g/mol. The van der Waals surface area contributed by atoms with E-state index < -0.39 is 5.82 Å². The molecule has 0 saturated carbocycles. The van der Waals surface area contributed by atoms with Gasteiger partial charge in [0.15, 0.2) is 0 Å². The predicted molar refractivity (Wildman–Crippen MR) is 63.8 cm³/mol. The molecule has 3 N–H and O–H groups in total. The first kappa shape index (κ1) is 12.1. The topological polar surface area (TPSA) is 38.0 Å². The van der Waals surface area contributed by atoms with Gasteiger partial charge in [0, 0.05) is 12.1 Å². The van der Waals surface area contributed by atoms with Crippen molar-refractivity contribution in [2.24, 2.45) is 0 Å². The summed E-state index contributed by atoms with van der Waals surface area (Å²) in [7, 11) is 0. The smallest absolute Gasteiger partial charge is 0.143 e. The lowest BCUT2D eigenvalue weighted by Gasteiger charge is -2.16. The Morgan fingerprint density at radius 1 is 1.53 bits per heavy atom. The SMILES string of the molecule is CCCC(C)Nc1cc(F)c(Cl)cc1N. The number of anilines is 2. The fraction of sp³-hybridized carbons (Fsp3) is 0.455. The van der Waals surface area contributed by atoms with Crippen LogP contribution in [-0.4, -0.2) is 6.04 Å². The Hall–Kier alpha value is -0.960. The van der Waals surface area contributed by atoms with Crippen molar-refractivity contribution in [3.8, 4) is 0 Å². The van der Waals surface area contributed by atoms with E-state index in [-0.39, 0.29) is 11.1 Å². The van der Waals surface area contributed by atoms with Crippen LogP contribution < -0.4 is 11.1 Å². The third-order valence-corrected chi connectivity index (χ3v) is 2.51. The van der Waals surface area contributed by atoms with Gasteiger partial charge in [0.05, 0.1) is 16.4 Å². The predicted octanol–water partition coefficient (Wildman–Crippen LogP) is 3.66. The molecule has 1 atom stereocenters. The van der Waals surface area contributed by atoms with Crippen LogP contribution in [-0.2, 0) is 0 Å². The quantitative estimate of drug-likeness (QED) is 0.775. The van der Waals surface area contributed by atoms with Crippen LogP contribution in [0.15, 0.2) is 12.1 Å². The van der Waals surface area contributed by atoms with Crippen LogP contribution in [0.3, 0.4) is 0 Å². The number of hydrogen-bond acceptors (Lipinski definition) is 2. The van der Waals surface area contributed by atoms with Crippen molar-refractivity contribution in [3.63, 3.8) is 0 Å². The molecule has 0 saturated heterocycles. The Morgan fingerprint density at radius 2 is 2.20 bits per heavy atom. The molecule has 0 spiro atoms. The fourth-order valence-electron chi connectivity index (χ4n) is 1.46. The molecule has 1 unspecified atom stereocenters. The number of nitrogens with two attached hydrogens (primary N) is 1. The summed E-state index contributed by atoms with van der Waals surface area (Å²) in [5.41, 5.74) is 6.81. The zero-order valence-electron chi connectivity index (χ0n) is 8.98. The first-order valence-electron chi connectivity index (χ1n) is 5.05. The van der Waals surface area contributed by atoms with Crippen LogP contribution in [0.4, 0.5) is 15.8 Å². The molecule has 1 aromatic rings. The molecule has 0 aromatic heterocycles. The van der Waals surface area contributed by atoms with Gasteiger partial charge in [0.25, 0.3) is 0 Å². The standard InChI is InChI=1S/C11H16ClFN2/c1-3-4-7(2)15-11-6-9(13)8(12)5-10(11)14/h5-7,15H,3-4,14H2,1-2H3. The molecule has 0 aliphatic heterocycles. The molecule has 15 heavy (non-hydrogen) atoms. The molecule has 4 heteroatoms. The average molecular weight is 231 g/mol. The van der Waals surface area contributed by atoms with Crippen molar-refractivity contribution in [3.05, 3.63) is 23.0 Å². The lowest BCUT2D eigenvalue weighted by Crippen LogP contribution is -2.15. The molecule has 0 aliphatic carbocycles. The van der Waals surface area contributed by atoms with Gasteiger partial charge in [-0.1, -0.05) is 24.9 Å². The molecule has 0 bridgehead atoms. The normalized spacial score (nSPS) is 12.5. The minimum atomic E-state index is -0.447. The summed E-state index contributed by atoms with van der Waals surface area (Å²) < 4.78 is 13.2. The second kappa shape index (κ2) is 5.21. The highest BCUT2D eigenvalue weighted by atomic mass is 35.5. The molecular weight excluding hydrogens is 215 g/mol. The van der Waals surface area contributed by atoms with Crippen LogP contribution in [0, 0.1) is 5.82 Å². The number of nitrogen functional groups attached to an aromatic ring is 1. The Balaban J connectivity index is 2.81. The molecular formula is C11H16ClFN2. The number of hydrogen-bond donors (Lipinski definition) is 2. The summed E-state index contributed by atoms with van der Waals surface area (Å²) in [6, 6.07) is 3.04. The molecule has 0 amide bonds. The van der Waals surface area contributed by atoms with E-state index in [2.05, 4.69) is 12.2 Å². The maximum Gasteiger partial charge on any atom is 0.143 e. The summed E-state index contributed by atoms with van der Waals surface area (Å²) in [6.45, 7) is 4.14. The van der Waals surface area contributed by atoms with Crippen molar-refractivity contribution in [1.82, 2.24) is 0 Å². The van der Waals surface area contributed by atoms with Gasteiger partial charge in [-0.25, -0.2) is 4.39 Å². The van der Waals surface area contributed by atoms with Crippen LogP contribution >= 0.6 is 11.6 Å². The highest BCUT2D eigenvalue weighted by Crippen LogP contribution is 2.26. The van der Waals surface area contributed by atoms with Gasteiger partial charge in [-0.2, -0.15) is 0 Å². The number of halogens is 2. The van der Waals surface area contributed by atoms with Crippen LogP contribution in [0.25, 0.3) is 0 Å². The van der Waals surface area contributed by atoms with Gasteiger partial charge >= 0.3 is 0 Å². The summed E-state index contributed by atoms with van der Waals surface area (Å²) in [5.74, 6) is -0.447. The molecule has 0 aliphatic rings. The number of nitrogens with one attached hydrogen (secondary N) is 1. The maximum absolute atomic E-state index is 13.2. The Bertz CT molecular complexity index is 342. The van der Waals surface area contributed by atoms with Crippen molar-refractivity contribution in [2.75, 3.05) is 11.1 Å². The van der Waals surface area contributed by atoms with Crippen molar-refractivity contribution >= 4 is 23.0 Å². The number of rotatable bonds is 4. The van der Waals surface area contributed by atoms with Gasteiger partial charge in [0.2, 0.25) is 0 Å². The summed E-state index contributed by atoms with van der Waals surface area (Å²) in [5, 5.41) is 3.21. The lowest BCUT2D eigenvalue weighted by molar-refractivity contribution is 0.627. The molecule has 0 radical (unpaired) electrons. The van der Waals surface area contributed by atoms with Crippen LogP contribution in [0.2, 0.25) is 5.02 Å². The van der Waals surface area contributed by atoms with Gasteiger partial charge < -0.3 is 11.1 Å². The van der Waals surface area contributed by atoms with E-state index in [1.807, 2.05) is 6.92 Å². The van der Waals surface area contributed by atoms with Crippen LogP contribution in [0.1, 0.15) is 26.7 Å². The van der Waals surface area contributed by atoms with E-state index in [1.165, 1.54) is 12.1 Å². The van der Waals surface area contributed by atoms with Gasteiger partial charge in [-0.05, 0) is 19.4 Å². The van der Waals surface area contributed by atoms with Crippen LogP contribution in [0.5, 0.6) is 0 Å². The average Bonchev–Trinajstić information content (AvgIpc) is 2.14. The third kappa shape index (κ3) is 3.27. The fourth-order valence-corrected chi connectivity index (χ4v) is 1.63. The Labute approximate surface area is 94.6 Å². The summed E-state index contributed by atoms with van der Waals surface area (Å²) in [6.07, 6.45) is 2.09. The highest BCUT2D eigenvalue weighted by molar-refractivity contribution is 6.31. The summed E-state index contributed by atoms with van der Waals surface area (Å²) >= 11 is 5.60. The lowest BCUT2D eigenvalue weighted by atomic mass is 10.1. The third-order valence-electron chi connectivity index (χ3n) is 2.22.